The van der Waals surface area contributed by atoms with Crippen LogP contribution in [0.4, 0.5) is 0 Å². The zero-order chi connectivity index (χ0) is 29.9. The normalized spacial score (nSPS) is 31.0. The molecule has 2 unspecified atom stereocenters. The van der Waals surface area contributed by atoms with E-state index in [0.717, 1.165) is 13.1 Å². The maximum Gasteiger partial charge on any atom is 0.313 e. The van der Waals surface area contributed by atoms with E-state index in [4.69, 9.17) is 14.2 Å². The number of amides is 2. The van der Waals surface area contributed by atoms with Gasteiger partial charge in [-0.3, -0.25) is 19.3 Å². The van der Waals surface area contributed by atoms with E-state index >= 15 is 0 Å². The third-order valence-corrected chi connectivity index (χ3v) is 9.59. The number of hydrogen-bond acceptors (Lipinski definition) is 8. The van der Waals surface area contributed by atoms with Gasteiger partial charge < -0.3 is 29.1 Å². The Morgan fingerprint density at radius 2 is 1.93 bits per heavy atom. The summed E-state index contributed by atoms with van der Waals surface area (Å²) in [5, 5.41) is 10.7. The monoisotopic (exact) mass is 581 g/mol. The maximum atomic E-state index is 14.7. The number of nitrogens with zero attached hydrogens (tertiary/aromatic N) is 3. The van der Waals surface area contributed by atoms with E-state index in [-0.39, 0.29) is 25.0 Å². The Bertz CT molecular complexity index is 1170. The summed E-state index contributed by atoms with van der Waals surface area (Å²) in [4.78, 5) is 48.4. The Hall–Kier alpha value is -3.05. The number of rotatable bonds is 13. The number of benzene rings is 1. The van der Waals surface area contributed by atoms with Gasteiger partial charge in [-0.05, 0) is 24.8 Å². The molecule has 228 valence electrons. The summed E-state index contributed by atoms with van der Waals surface area (Å²) in [6.45, 7) is 13.4. The third kappa shape index (κ3) is 5.08. The number of fused-ring (bicyclic) bond motifs is 1. The summed E-state index contributed by atoms with van der Waals surface area (Å²) >= 11 is 0. The molecular formula is C32H43N3O7. The molecule has 4 saturated heterocycles. The molecule has 4 heterocycles. The van der Waals surface area contributed by atoms with Gasteiger partial charge in [-0.15, -0.1) is 6.58 Å². The van der Waals surface area contributed by atoms with E-state index in [0.29, 0.717) is 57.7 Å². The van der Waals surface area contributed by atoms with Crippen LogP contribution in [0.2, 0.25) is 0 Å². The number of carbonyl (C=O) groups excluding carboxylic acids is 3. The van der Waals surface area contributed by atoms with Crippen LogP contribution in [0.25, 0.3) is 0 Å². The number of ether oxygens (including phenoxy) is 3. The molecule has 0 saturated carbocycles. The van der Waals surface area contributed by atoms with Crippen LogP contribution in [-0.2, 0) is 28.6 Å². The highest BCUT2D eigenvalue weighted by molar-refractivity contribution is 5.99. The summed E-state index contributed by atoms with van der Waals surface area (Å²) in [7, 11) is 0. The minimum Gasteiger partial charge on any atom is -0.461 e. The number of aliphatic hydroxyl groups is 1. The van der Waals surface area contributed by atoms with Gasteiger partial charge in [0.15, 0.2) is 0 Å². The van der Waals surface area contributed by atoms with E-state index in [9.17, 15) is 19.5 Å². The second kappa shape index (κ2) is 12.7. The quantitative estimate of drug-likeness (QED) is 0.278. The third-order valence-electron chi connectivity index (χ3n) is 9.59. The first-order valence-electron chi connectivity index (χ1n) is 15.0. The largest absolute Gasteiger partial charge is 0.461 e. The molecule has 42 heavy (non-hydrogen) atoms. The van der Waals surface area contributed by atoms with Gasteiger partial charge in [0.05, 0.1) is 37.4 Å². The molecule has 1 aromatic carbocycles. The molecule has 4 aliphatic rings. The van der Waals surface area contributed by atoms with E-state index in [2.05, 4.69) is 18.1 Å². The molecule has 1 aromatic rings. The molecule has 10 heteroatoms. The van der Waals surface area contributed by atoms with Crippen molar-refractivity contribution in [1.29, 1.82) is 0 Å². The van der Waals surface area contributed by atoms with Crippen molar-refractivity contribution in [3.63, 3.8) is 0 Å². The molecule has 5 rings (SSSR count). The minimum absolute atomic E-state index is 0.0209. The van der Waals surface area contributed by atoms with Gasteiger partial charge in [0.2, 0.25) is 11.8 Å². The first-order chi connectivity index (χ1) is 20.4. The molecule has 4 aliphatic heterocycles. The molecule has 6 atom stereocenters. The van der Waals surface area contributed by atoms with Gasteiger partial charge in [0.25, 0.3) is 0 Å². The van der Waals surface area contributed by atoms with Crippen molar-refractivity contribution in [1.82, 2.24) is 14.7 Å². The second-order valence-corrected chi connectivity index (χ2v) is 11.6. The first kappa shape index (κ1) is 30.4. The lowest BCUT2D eigenvalue weighted by atomic mass is 9.65. The molecule has 10 nitrogen and oxygen atoms in total. The van der Waals surface area contributed by atoms with E-state index < -0.39 is 41.1 Å². The number of aliphatic hydroxyl groups excluding tert-OH is 1. The number of morpholine rings is 1. The Labute approximate surface area is 247 Å². The highest BCUT2D eigenvalue weighted by Crippen LogP contribution is 2.65. The van der Waals surface area contributed by atoms with Crippen molar-refractivity contribution in [2.45, 2.75) is 49.5 Å². The van der Waals surface area contributed by atoms with Crippen LogP contribution in [0.3, 0.4) is 0 Å². The van der Waals surface area contributed by atoms with Gasteiger partial charge in [-0.2, -0.15) is 0 Å². The predicted molar refractivity (Wildman–Crippen MR) is 155 cm³/mol. The van der Waals surface area contributed by atoms with Crippen LogP contribution in [0.1, 0.15) is 37.8 Å². The molecule has 2 bridgehead atoms. The zero-order valence-electron chi connectivity index (χ0n) is 24.5. The molecule has 0 aromatic heterocycles. The SMILES string of the molecule is C=CCOC(=O)[C@H]1[C@H]2C(=O)N([C@H](CO)c3ccccc3)C(C(=O)N(CC=C)CCN3CCOCC3)C23CC[C@]1(CC)O3. The van der Waals surface area contributed by atoms with Crippen LogP contribution in [0.5, 0.6) is 0 Å². The predicted octanol–water partition coefficient (Wildman–Crippen LogP) is 1.95. The molecule has 1 N–H and O–H groups in total. The lowest BCUT2D eigenvalue weighted by molar-refractivity contribution is -0.163. The number of likely N-dealkylation sites (tertiary alicyclic amines) is 1. The molecule has 0 aliphatic carbocycles. The highest BCUT2D eigenvalue weighted by atomic mass is 16.6. The Morgan fingerprint density at radius 1 is 1.19 bits per heavy atom. The van der Waals surface area contributed by atoms with E-state index in [1.165, 1.54) is 11.0 Å². The second-order valence-electron chi connectivity index (χ2n) is 11.6. The lowest BCUT2D eigenvalue weighted by Crippen LogP contribution is -2.58. The van der Waals surface area contributed by atoms with Gasteiger partial charge >= 0.3 is 5.97 Å². The van der Waals surface area contributed by atoms with Crippen molar-refractivity contribution in [2.75, 3.05) is 59.2 Å². The number of carbonyl (C=O) groups is 3. The van der Waals surface area contributed by atoms with E-state index in [1.54, 1.807) is 11.0 Å². The Morgan fingerprint density at radius 3 is 2.57 bits per heavy atom. The van der Waals surface area contributed by atoms with Crippen molar-refractivity contribution in [2.24, 2.45) is 11.8 Å². The van der Waals surface area contributed by atoms with Crippen LogP contribution in [0.15, 0.2) is 55.6 Å². The van der Waals surface area contributed by atoms with Crippen LogP contribution < -0.4 is 0 Å². The van der Waals surface area contributed by atoms with Gasteiger partial charge in [-0.25, -0.2) is 0 Å². The topological polar surface area (TPSA) is 109 Å². The van der Waals surface area contributed by atoms with Crippen molar-refractivity contribution in [3.05, 3.63) is 61.2 Å². The molecule has 1 spiro atoms. The zero-order valence-corrected chi connectivity index (χ0v) is 24.5. The Balaban J connectivity index is 1.56. The smallest absolute Gasteiger partial charge is 0.313 e. The Kier molecular flexibility index (Phi) is 9.17. The molecule has 4 fully saturated rings. The fourth-order valence-corrected chi connectivity index (χ4v) is 7.60. The van der Waals surface area contributed by atoms with Crippen molar-refractivity contribution >= 4 is 17.8 Å². The van der Waals surface area contributed by atoms with Gasteiger partial charge in [0.1, 0.15) is 24.2 Å². The van der Waals surface area contributed by atoms with E-state index in [1.807, 2.05) is 37.3 Å². The summed E-state index contributed by atoms with van der Waals surface area (Å²) in [6, 6.07) is 7.39. The minimum atomic E-state index is -1.22. The summed E-state index contributed by atoms with van der Waals surface area (Å²) in [6.07, 6.45) is 4.66. The molecular weight excluding hydrogens is 538 g/mol. The van der Waals surface area contributed by atoms with Crippen molar-refractivity contribution in [3.8, 4) is 0 Å². The van der Waals surface area contributed by atoms with Crippen LogP contribution in [-0.4, -0.2) is 114 Å². The fraction of sp³-hybridized carbons (Fsp3) is 0.594. The van der Waals surface area contributed by atoms with Crippen LogP contribution >= 0.6 is 0 Å². The summed E-state index contributed by atoms with van der Waals surface area (Å²) in [5.74, 6) is -2.90. The van der Waals surface area contributed by atoms with Crippen LogP contribution in [0, 0.1) is 11.8 Å². The highest BCUT2D eigenvalue weighted by Gasteiger charge is 2.79. The summed E-state index contributed by atoms with van der Waals surface area (Å²) in [5.41, 5.74) is -1.42. The number of hydrogen-bond donors (Lipinski definition) is 1. The average Bonchev–Trinajstić information content (AvgIpc) is 3.63. The lowest BCUT2D eigenvalue weighted by Gasteiger charge is -2.40. The number of esters is 1. The summed E-state index contributed by atoms with van der Waals surface area (Å²) < 4.78 is 17.8. The first-order valence-corrected chi connectivity index (χ1v) is 15.0. The van der Waals surface area contributed by atoms with Gasteiger partial charge in [-0.1, -0.05) is 56.0 Å². The average molecular weight is 582 g/mol. The standard InChI is InChI=1S/C32H43N3O7/c1-4-14-34(16-15-33-17-20-40-21-18-33)29(38)27-32-13-12-31(6-3,42-32)26(30(39)41-19-5-2)25(32)28(37)35(27)24(22-36)23-10-8-7-9-11-23/h4-5,7-11,24-27,36H,1-2,6,12-22H2,3H3/t24-,25+,26-,27?,31+,32?/m1/s1. The molecule has 2 amide bonds. The molecule has 0 radical (unpaired) electrons. The fourth-order valence-electron chi connectivity index (χ4n) is 7.60. The van der Waals surface area contributed by atoms with Crippen molar-refractivity contribution < 1.29 is 33.7 Å². The van der Waals surface area contributed by atoms with Gasteiger partial charge in [0, 0.05) is 32.7 Å². The maximum absolute atomic E-state index is 14.7.